The first-order valence-corrected chi connectivity index (χ1v) is 8.13. The lowest BCUT2D eigenvalue weighted by atomic mass is 9.94. The van der Waals surface area contributed by atoms with Crippen molar-refractivity contribution in [2.75, 3.05) is 13.6 Å². The summed E-state index contributed by atoms with van der Waals surface area (Å²) in [6.07, 6.45) is 2.14. The zero-order valence-corrected chi connectivity index (χ0v) is 15.0. The van der Waals surface area contributed by atoms with E-state index < -0.39 is 11.6 Å². The molecule has 0 fully saturated rings. The fraction of sp³-hybridized carbons (Fsp3) is 0.444. The Balaban J connectivity index is 1.82. The van der Waals surface area contributed by atoms with Gasteiger partial charge in [0.15, 0.2) is 5.96 Å². The summed E-state index contributed by atoms with van der Waals surface area (Å²) < 4.78 is 32.2. The Hall–Kier alpha value is -2.44. The minimum Gasteiger partial charge on any atom is -0.443 e. The molecule has 0 aliphatic heterocycles. The van der Waals surface area contributed by atoms with Crippen LogP contribution in [-0.2, 0) is 18.4 Å². The van der Waals surface area contributed by atoms with Gasteiger partial charge in [-0.3, -0.25) is 4.99 Å². The number of aliphatic imine (C=N–C) groups is 1. The maximum Gasteiger partial charge on any atom is 0.213 e. The number of halogens is 2. The van der Waals surface area contributed by atoms with Crippen LogP contribution >= 0.6 is 0 Å². The highest BCUT2D eigenvalue weighted by molar-refractivity contribution is 5.79. The lowest BCUT2D eigenvalue weighted by molar-refractivity contribution is 0.379. The lowest BCUT2D eigenvalue weighted by Gasteiger charge is -2.13. The predicted octanol–water partition coefficient (Wildman–Crippen LogP) is 3.16. The number of hydrogen-bond acceptors (Lipinski definition) is 3. The molecule has 136 valence electrons. The number of oxazole rings is 1. The SMILES string of the molecule is CN=C(NCCc1ccc(F)cc1F)NCc1ncc(C(C)(C)C)o1. The van der Waals surface area contributed by atoms with Crippen LogP contribution in [0.2, 0.25) is 0 Å². The van der Waals surface area contributed by atoms with Gasteiger partial charge in [0.25, 0.3) is 0 Å². The molecule has 0 amide bonds. The lowest BCUT2D eigenvalue weighted by Crippen LogP contribution is -2.38. The Morgan fingerprint density at radius 1 is 1.24 bits per heavy atom. The highest BCUT2D eigenvalue weighted by atomic mass is 19.1. The van der Waals surface area contributed by atoms with E-state index in [1.54, 1.807) is 13.2 Å². The van der Waals surface area contributed by atoms with Crippen molar-refractivity contribution in [3.05, 3.63) is 53.2 Å². The molecular weight excluding hydrogens is 326 g/mol. The zero-order chi connectivity index (χ0) is 18.4. The molecule has 2 rings (SSSR count). The normalized spacial score (nSPS) is 12.3. The van der Waals surface area contributed by atoms with Gasteiger partial charge in [0.05, 0.1) is 12.7 Å². The summed E-state index contributed by atoms with van der Waals surface area (Å²) in [5, 5.41) is 6.17. The second-order valence-corrected chi connectivity index (χ2v) is 6.71. The Bertz CT molecular complexity index is 735. The monoisotopic (exact) mass is 350 g/mol. The van der Waals surface area contributed by atoms with E-state index in [2.05, 4.69) is 41.4 Å². The van der Waals surface area contributed by atoms with Crippen LogP contribution in [0, 0.1) is 11.6 Å². The highest BCUT2D eigenvalue weighted by Crippen LogP contribution is 2.22. The third kappa shape index (κ3) is 5.55. The molecule has 2 N–H and O–H groups in total. The molecule has 7 heteroatoms. The molecule has 0 saturated heterocycles. The average Bonchev–Trinajstić information content (AvgIpc) is 3.01. The van der Waals surface area contributed by atoms with Gasteiger partial charge in [-0.05, 0) is 18.1 Å². The average molecular weight is 350 g/mol. The molecule has 0 radical (unpaired) electrons. The van der Waals surface area contributed by atoms with Crippen molar-refractivity contribution in [3.63, 3.8) is 0 Å². The summed E-state index contributed by atoms with van der Waals surface area (Å²) in [5.41, 5.74) is 0.358. The molecule has 1 aromatic carbocycles. The summed E-state index contributed by atoms with van der Waals surface area (Å²) in [5.74, 6) is 0.820. The molecule has 0 aliphatic carbocycles. The van der Waals surface area contributed by atoms with Crippen LogP contribution in [0.5, 0.6) is 0 Å². The van der Waals surface area contributed by atoms with Crippen molar-refractivity contribution in [2.45, 2.75) is 39.2 Å². The number of hydrogen-bond donors (Lipinski definition) is 2. The van der Waals surface area contributed by atoms with Gasteiger partial charge in [0, 0.05) is 25.1 Å². The van der Waals surface area contributed by atoms with Crippen molar-refractivity contribution in [3.8, 4) is 0 Å². The van der Waals surface area contributed by atoms with E-state index in [4.69, 9.17) is 4.42 Å². The number of rotatable bonds is 5. The second kappa shape index (κ2) is 8.09. The van der Waals surface area contributed by atoms with E-state index in [1.807, 2.05) is 0 Å². The van der Waals surface area contributed by atoms with Crippen molar-refractivity contribution < 1.29 is 13.2 Å². The summed E-state index contributed by atoms with van der Waals surface area (Å²) in [4.78, 5) is 8.34. The van der Waals surface area contributed by atoms with Crippen LogP contribution in [0.3, 0.4) is 0 Å². The third-order valence-electron chi connectivity index (χ3n) is 3.63. The Kier molecular flexibility index (Phi) is 6.12. The second-order valence-electron chi connectivity index (χ2n) is 6.71. The molecule has 0 aliphatic rings. The van der Waals surface area contributed by atoms with E-state index in [0.29, 0.717) is 36.9 Å². The number of guanidine groups is 1. The molecule has 0 unspecified atom stereocenters. The van der Waals surface area contributed by atoms with E-state index in [1.165, 1.54) is 12.1 Å². The minimum absolute atomic E-state index is 0.0929. The van der Waals surface area contributed by atoms with Crippen LogP contribution in [0.1, 0.15) is 38.0 Å². The first kappa shape index (κ1) is 18.9. The first-order chi connectivity index (χ1) is 11.8. The van der Waals surface area contributed by atoms with E-state index in [0.717, 1.165) is 11.8 Å². The molecule has 0 bridgehead atoms. The number of aromatic nitrogens is 1. The smallest absolute Gasteiger partial charge is 0.213 e. The van der Waals surface area contributed by atoms with E-state index >= 15 is 0 Å². The van der Waals surface area contributed by atoms with Crippen LogP contribution < -0.4 is 10.6 Å². The zero-order valence-electron chi connectivity index (χ0n) is 15.0. The van der Waals surface area contributed by atoms with Gasteiger partial charge < -0.3 is 15.1 Å². The van der Waals surface area contributed by atoms with Crippen LogP contribution in [0.15, 0.2) is 33.8 Å². The minimum atomic E-state index is -0.577. The van der Waals surface area contributed by atoms with Crippen molar-refractivity contribution >= 4 is 5.96 Å². The fourth-order valence-corrected chi connectivity index (χ4v) is 2.16. The van der Waals surface area contributed by atoms with Crippen molar-refractivity contribution in [1.82, 2.24) is 15.6 Å². The highest BCUT2D eigenvalue weighted by Gasteiger charge is 2.19. The Morgan fingerprint density at radius 3 is 2.60 bits per heavy atom. The summed E-state index contributed by atoms with van der Waals surface area (Å²) in [6, 6.07) is 3.59. The third-order valence-corrected chi connectivity index (χ3v) is 3.63. The van der Waals surface area contributed by atoms with Gasteiger partial charge >= 0.3 is 0 Å². The number of benzene rings is 1. The topological polar surface area (TPSA) is 62.5 Å². The fourth-order valence-electron chi connectivity index (χ4n) is 2.16. The van der Waals surface area contributed by atoms with Gasteiger partial charge in [-0.15, -0.1) is 0 Å². The molecule has 0 atom stereocenters. The van der Waals surface area contributed by atoms with Gasteiger partial charge in [-0.25, -0.2) is 13.8 Å². The molecule has 25 heavy (non-hydrogen) atoms. The van der Waals surface area contributed by atoms with E-state index in [-0.39, 0.29) is 5.41 Å². The van der Waals surface area contributed by atoms with Gasteiger partial charge in [-0.1, -0.05) is 26.8 Å². The van der Waals surface area contributed by atoms with Crippen LogP contribution in [0.4, 0.5) is 8.78 Å². The predicted molar refractivity (Wildman–Crippen MR) is 93.5 cm³/mol. The van der Waals surface area contributed by atoms with Gasteiger partial charge in [0.1, 0.15) is 17.4 Å². The molecular formula is C18H24F2N4O. The first-order valence-electron chi connectivity index (χ1n) is 8.13. The van der Waals surface area contributed by atoms with Crippen molar-refractivity contribution in [2.24, 2.45) is 4.99 Å². The molecule has 1 heterocycles. The number of nitrogens with zero attached hydrogens (tertiary/aromatic N) is 2. The maximum absolute atomic E-state index is 13.6. The molecule has 0 saturated carbocycles. The summed E-state index contributed by atoms with van der Waals surface area (Å²) in [7, 11) is 1.64. The quantitative estimate of drug-likeness (QED) is 0.642. The van der Waals surface area contributed by atoms with Gasteiger partial charge in [-0.2, -0.15) is 0 Å². The van der Waals surface area contributed by atoms with Crippen LogP contribution in [0.25, 0.3) is 0 Å². The van der Waals surface area contributed by atoms with Crippen LogP contribution in [-0.4, -0.2) is 24.5 Å². The maximum atomic E-state index is 13.6. The largest absolute Gasteiger partial charge is 0.443 e. The number of nitrogens with one attached hydrogen (secondary N) is 2. The molecule has 5 nitrogen and oxygen atoms in total. The summed E-state index contributed by atoms with van der Waals surface area (Å²) >= 11 is 0. The summed E-state index contributed by atoms with van der Waals surface area (Å²) in [6.45, 7) is 7.01. The van der Waals surface area contributed by atoms with E-state index in [9.17, 15) is 8.78 Å². The Labute approximate surface area is 146 Å². The molecule has 0 spiro atoms. The van der Waals surface area contributed by atoms with Gasteiger partial charge in [0.2, 0.25) is 5.89 Å². The molecule has 1 aromatic heterocycles. The van der Waals surface area contributed by atoms with Crippen molar-refractivity contribution in [1.29, 1.82) is 0 Å². The molecule has 2 aromatic rings. The Morgan fingerprint density at radius 2 is 2.00 bits per heavy atom. The standard InChI is InChI=1S/C18H24F2N4O/c1-18(2,3)15-10-23-16(25-15)11-24-17(21-4)22-8-7-12-5-6-13(19)9-14(12)20/h5-6,9-10H,7-8,11H2,1-4H3,(H2,21,22,24).